The molecule has 0 atom stereocenters. The first-order chi connectivity index (χ1) is 9.61. The van der Waals surface area contributed by atoms with E-state index in [0.29, 0.717) is 6.04 Å². The molecule has 1 heterocycles. The lowest BCUT2D eigenvalue weighted by atomic mass is 10.0. The van der Waals surface area contributed by atoms with Crippen LogP contribution in [0.5, 0.6) is 5.75 Å². The van der Waals surface area contributed by atoms with Crippen molar-refractivity contribution in [3.8, 4) is 17.0 Å². The summed E-state index contributed by atoms with van der Waals surface area (Å²) >= 11 is 0. The number of aromatic nitrogens is 1. The summed E-state index contributed by atoms with van der Waals surface area (Å²) in [6, 6.07) is 10.8. The molecule has 0 aliphatic rings. The minimum atomic E-state index is 0.454. The van der Waals surface area contributed by atoms with Gasteiger partial charge in [-0.1, -0.05) is 31.5 Å². The third-order valence-corrected chi connectivity index (χ3v) is 3.21. The van der Waals surface area contributed by atoms with Crippen LogP contribution in [0.15, 0.2) is 36.5 Å². The van der Waals surface area contributed by atoms with Crippen molar-refractivity contribution in [3.63, 3.8) is 0 Å². The summed E-state index contributed by atoms with van der Waals surface area (Å²) in [7, 11) is 1.68. The Balaban J connectivity index is 2.45. The third kappa shape index (κ3) is 3.36. The minimum Gasteiger partial charge on any atom is -0.494 e. The monoisotopic (exact) mass is 270 g/mol. The predicted octanol–water partition coefficient (Wildman–Crippen LogP) is 3.56. The van der Waals surface area contributed by atoms with Crippen LogP contribution in [-0.2, 0) is 6.54 Å². The summed E-state index contributed by atoms with van der Waals surface area (Å²) in [5.74, 6) is 0.809. The predicted molar refractivity (Wildman–Crippen MR) is 82.9 cm³/mol. The van der Waals surface area contributed by atoms with E-state index in [0.717, 1.165) is 23.6 Å². The maximum Gasteiger partial charge on any atom is 0.145 e. The maximum absolute atomic E-state index is 5.44. The number of ether oxygens (including phenoxy) is 1. The van der Waals surface area contributed by atoms with Gasteiger partial charge in [0.2, 0.25) is 0 Å². The van der Waals surface area contributed by atoms with Crippen LogP contribution in [0, 0.1) is 6.92 Å². The number of pyridine rings is 1. The van der Waals surface area contributed by atoms with E-state index < -0.39 is 0 Å². The number of nitrogens with zero attached hydrogens (tertiary/aromatic N) is 1. The number of aryl methyl sites for hydroxylation is 1. The van der Waals surface area contributed by atoms with E-state index in [4.69, 9.17) is 4.74 Å². The largest absolute Gasteiger partial charge is 0.494 e. The van der Waals surface area contributed by atoms with Crippen molar-refractivity contribution in [2.24, 2.45) is 0 Å². The molecule has 0 spiro atoms. The fourth-order valence-corrected chi connectivity index (χ4v) is 2.14. The molecule has 0 fully saturated rings. The van der Waals surface area contributed by atoms with Gasteiger partial charge in [0.15, 0.2) is 0 Å². The highest BCUT2D eigenvalue weighted by Gasteiger charge is 2.12. The number of nitrogens with one attached hydrogen (secondary N) is 1. The minimum absolute atomic E-state index is 0.454. The number of hydrogen-bond donors (Lipinski definition) is 1. The molecule has 0 amide bonds. The van der Waals surface area contributed by atoms with E-state index in [2.05, 4.69) is 49.3 Å². The molecule has 3 heteroatoms. The third-order valence-electron chi connectivity index (χ3n) is 3.21. The summed E-state index contributed by atoms with van der Waals surface area (Å²) in [6.45, 7) is 7.22. The van der Waals surface area contributed by atoms with Crippen LogP contribution in [-0.4, -0.2) is 18.1 Å². The van der Waals surface area contributed by atoms with Crippen LogP contribution in [0.4, 0.5) is 0 Å². The zero-order valence-electron chi connectivity index (χ0n) is 12.6. The molecule has 0 aliphatic heterocycles. The fourth-order valence-electron chi connectivity index (χ4n) is 2.14. The van der Waals surface area contributed by atoms with Crippen LogP contribution in [0.1, 0.15) is 25.0 Å². The molecule has 1 aromatic heterocycles. The highest BCUT2D eigenvalue weighted by molar-refractivity contribution is 5.70. The molecule has 0 bridgehead atoms. The lowest BCUT2D eigenvalue weighted by Crippen LogP contribution is -2.22. The number of rotatable bonds is 5. The van der Waals surface area contributed by atoms with Crippen LogP contribution in [0.3, 0.4) is 0 Å². The number of methoxy groups -OCH3 is 1. The zero-order valence-corrected chi connectivity index (χ0v) is 12.6. The topological polar surface area (TPSA) is 34.1 Å². The van der Waals surface area contributed by atoms with Crippen molar-refractivity contribution >= 4 is 0 Å². The number of hydrogen-bond acceptors (Lipinski definition) is 3. The summed E-state index contributed by atoms with van der Waals surface area (Å²) in [6.07, 6.45) is 1.81. The highest BCUT2D eigenvalue weighted by atomic mass is 16.5. The molecule has 20 heavy (non-hydrogen) atoms. The lowest BCUT2D eigenvalue weighted by Gasteiger charge is -2.15. The van der Waals surface area contributed by atoms with E-state index in [9.17, 15) is 0 Å². The van der Waals surface area contributed by atoms with Gasteiger partial charge in [0, 0.05) is 24.3 Å². The van der Waals surface area contributed by atoms with Crippen molar-refractivity contribution in [3.05, 3.63) is 47.7 Å². The zero-order chi connectivity index (χ0) is 14.5. The molecule has 3 nitrogen and oxygen atoms in total. The van der Waals surface area contributed by atoms with Crippen LogP contribution < -0.4 is 10.1 Å². The van der Waals surface area contributed by atoms with E-state index in [1.807, 2.05) is 12.1 Å². The van der Waals surface area contributed by atoms with E-state index in [-0.39, 0.29) is 0 Å². The number of benzene rings is 1. The molecule has 0 unspecified atom stereocenters. The van der Waals surface area contributed by atoms with Crippen molar-refractivity contribution in [2.75, 3.05) is 7.11 Å². The standard InChI is InChI=1S/C17H22N2O/c1-12(2)19-11-14-8-7-13(3)10-15(14)17-16(20-4)6-5-9-18-17/h5-10,12,19H,11H2,1-4H3. The molecular weight excluding hydrogens is 248 g/mol. The molecule has 2 rings (SSSR count). The summed E-state index contributed by atoms with van der Waals surface area (Å²) in [5.41, 5.74) is 4.50. The van der Waals surface area contributed by atoms with E-state index >= 15 is 0 Å². The Bertz CT molecular complexity index is 579. The van der Waals surface area contributed by atoms with Gasteiger partial charge >= 0.3 is 0 Å². The first-order valence-corrected chi connectivity index (χ1v) is 6.94. The van der Waals surface area contributed by atoms with Crippen molar-refractivity contribution in [2.45, 2.75) is 33.4 Å². The Hall–Kier alpha value is -1.87. The lowest BCUT2D eigenvalue weighted by molar-refractivity contribution is 0.414. The van der Waals surface area contributed by atoms with Gasteiger partial charge in [-0.15, -0.1) is 0 Å². The molecule has 1 aromatic carbocycles. The second kappa shape index (κ2) is 6.53. The first kappa shape index (κ1) is 14.5. The van der Waals surface area contributed by atoms with Crippen molar-refractivity contribution in [1.29, 1.82) is 0 Å². The van der Waals surface area contributed by atoms with E-state index in [1.54, 1.807) is 13.3 Å². The molecule has 0 aliphatic carbocycles. The molecular formula is C17H22N2O. The first-order valence-electron chi connectivity index (χ1n) is 6.94. The van der Waals surface area contributed by atoms with Crippen LogP contribution in [0.25, 0.3) is 11.3 Å². The van der Waals surface area contributed by atoms with Gasteiger partial charge in [0.1, 0.15) is 11.4 Å². The smallest absolute Gasteiger partial charge is 0.145 e. The SMILES string of the molecule is COc1cccnc1-c1cc(C)ccc1CNC(C)C. The van der Waals surface area contributed by atoms with Gasteiger partial charge in [0.05, 0.1) is 7.11 Å². The van der Waals surface area contributed by atoms with Crippen LogP contribution in [0.2, 0.25) is 0 Å². The molecule has 0 saturated heterocycles. The van der Waals surface area contributed by atoms with Gasteiger partial charge in [0.25, 0.3) is 0 Å². The van der Waals surface area contributed by atoms with Crippen LogP contribution >= 0.6 is 0 Å². The maximum atomic E-state index is 5.44. The van der Waals surface area contributed by atoms with E-state index in [1.165, 1.54) is 11.1 Å². The van der Waals surface area contributed by atoms with Crippen molar-refractivity contribution < 1.29 is 4.74 Å². The Morgan fingerprint density at radius 1 is 1.25 bits per heavy atom. The highest BCUT2D eigenvalue weighted by Crippen LogP contribution is 2.30. The molecule has 0 radical (unpaired) electrons. The van der Waals surface area contributed by atoms with Crippen molar-refractivity contribution in [1.82, 2.24) is 10.3 Å². The Morgan fingerprint density at radius 2 is 2.05 bits per heavy atom. The molecule has 0 saturated carbocycles. The molecule has 2 aromatic rings. The second-order valence-corrected chi connectivity index (χ2v) is 5.25. The molecule has 1 N–H and O–H groups in total. The molecule has 106 valence electrons. The van der Waals surface area contributed by atoms with Gasteiger partial charge in [-0.05, 0) is 30.7 Å². The Labute approximate surface area is 121 Å². The normalized spacial score (nSPS) is 10.8. The summed E-state index contributed by atoms with van der Waals surface area (Å²) < 4.78 is 5.44. The Kier molecular flexibility index (Phi) is 4.74. The average Bonchev–Trinajstić information content (AvgIpc) is 2.45. The van der Waals surface area contributed by atoms with Gasteiger partial charge in [-0.3, -0.25) is 4.98 Å². The second-order valence-electron chi connectivity index (χ2n) is 5.25. The fraction of sp³-hybridized carbons (Fsp3) is 0.353. The Morgan fingerprint density at radius 3 is 2.75 bits per heavy atom. The van der Waals surface area contributed by atoms with Gasteiger partial charge < -0.3 is 10.1 Å². The van der Waals surface area contributed by atoms with Gasteiger partial charge in [-0.2, -0.15) is 0 Å². The summed E-state index contributed by atoms with van der Waals surface area (Å²) in [4.78, 5) is 4.50. The summed E-state index contributed by atoms with van der Waals surface area (Å²) in [5, 5.41) is 3.46. The average molecular weight is 270 g/mol. The quantitative estimate of drug-likeness (QED) is 0.902. The van der Waals surface area contributed by atoms with Gasteiger partial charge in [-0.25, -0.2) is 0 Å².